The number of amides is 1. The Kier molecular flexibility index (Phi) is 4.78. The average molecular weight is 399 g/mol. The zero-order valence-corrected chi connectivity index (χ0v) is 16.2. The fourth-order valence-corrected chi connectivity index (χ4v) is 4.42. The van der Waals surface area contributed by atoms with Crippen LogP contribution in [0.1, 0.15) is 16.1 Å². The molecule has 0 bridgehead atoms. The van der Waals surface area contributed by atoms with Gasteiger partial charge in [0.2, 0.25) is 0 Å². The third-order valence-corrected chi connectivity index (χ3v) is 6.13. The highest BCUT2D eigenvalue weighted by Gasteiger charge is 2.33. The van der Waals surface area contributed by atoms with Gasteiger partial charge in [-0.15, -0.1) is 0 Å². The molecular weight excluding hydrogens is 378 g/mol. The summed E-state index contributed by atoms with van der Waals surface area (Å²) in [6.45, 7) is 1.04. The van der Waals surface area contributed by atoms with Gasteiger partial charge in [-0.2, -0.15) is 0 Å². The lowest BCUT2D eigenvalue weighted by atomic mass is 10.1. The first-order chi connectivity index (χ1) is 13.4. The third-order valence-electron chi connectivity index (χ3n) is 4.82. The molecule has 1 amide bonds. The van der Waals surface area contributed by atoms with Gasteiger partial charge in [0.15, 0.2) is 5.03 Å². The summed E-state index contributed by atoms with van der Waals surface area (Å²) < 4.78 is 31.1. The molecule has 4 rings (SSSR count). The van der Waals surface area contributed by atoms with Crippen LogP contribution in [0, 0.1) is 0 Å². The summed E-state index contributed by atoms with van der Waals surface area (Å²) in [5.41, 5.74) is 1.60. The molecular formula is C19H21N5O3S. The molecule has 0 spiro atoms. The lowest BCUT2D eigenvalue weighted by Crippen LogP contribution is -2.52. The number of carbonyl (C=O) groups excluding carboxylic acids is 1. The minimum atomic E-state index is -3.75. The molecule has 3 aromatic rings. The molecule has 0 radical (unpaired) electrons. The van der Waals surface area contributed by atoms with Gasteiger partial charge < -0.3 is 14.0 Å². The van der Waals surface area contributed by atoms with Gasteiger partial charge in [-0.3, -0.25) is 4.79 Å². The molecule has 1 aromatic carbocycles. The topological polar surface area (TPSA) is 89.2 Å². The molecule has 0 saturated heterocycles. The van der Waals surface area contributed by atoms with Crippen molar-refractivity contribution in [3.05, 3.63) is 72.4 Å². The maximum absolute atomic E-state index is 13.0. The van der Waals surface area contributed by atoms with E-state index in [0.717, 1.165) is 5.56 Å². The normalized spacial score (nSPS) is 17.0. The summed E-state index contributed by atoms with van der Waals surface area (Å²) in [4.78, 5) is 18.6. The zero-order valence-electron chi connectivity index (χ0n) is 15.4. The molecule has 1 atom stereocenters. The number of nitrogens with one attached hydrogen (secondary N) is 1. The Labute approximate surface area is 163 Å². The molecule has 0 saturated carbocycles. The number of rotatable bonds is 6. The second-order valence-electron chi connectivity index (χ2n) is 6.85. The van der Waals surface area contributed by atoms with Crippen LogP contribution in [-0.4, -0.2) is 45.9 Å². The van der Waals surface area contributed by atoms with Crippen molar-refractivity contribution in [3.8, 4) is 0 Å². The maximum atomic E-state index is 13.0. The summed E-state index contributed by atoms with van der Waals surface area (Å²) in [6.07, 6.45) is 4.72. The van der Waals surface area contributed by atoms with Crippen LogP contribution in [-0.2, 0) is 30.2 Å². The van der Waals surface area contributed by atoms with Crippen LogP contribution in [0.5, 0.6) is 0 Å². The average Bonchev–Trinajstić information content (AvgIpc) is 3.33. The van der Waals surface area contributed by atoms with Crippen molar-refractivity contribution in [3.63, 3.8) is 0 Å². The number of fused-ring (bicyclic) bond motifs is 1. The summed E-state index contributed by atoms with van der Waals surface area (Å²) in [5.74, 6) is -0.109. The van der Waals surface area contributed by atoms with Crippen LogP contribution in [0.2, 0.25) is 0 Å². The van der Waals surface area contributed by atoms with Crippen LogP contribution in [0.25, 0.3) is 0 Å². The molecule has 28 heavy (non-hydrogen) atoms. The number of sulfonamides is 1. The number of nitrogens with zero attached hydrogens (tertiary/aromatic N) is 4. The van der Waals surface area contributed by atoms with Crippen molar-refractivity contribution < 1.29 is 13.2 Å². The Morgan fingerprint density at radius 3 is 2.68 bits per heavy atom. The number of aromatic nitrogens is 3. The summed E-state index contributed by atoms with van der Waals surface area (Å²) >= 11 is 0. The molecule has 1 unspecified atom stereocenters. The van der Waals surface area contributed by atoms with Gasteiger partial charge in [0, 0.05) is 39.1 Å². The number of benzene rings is 1. The standard InChI is InChI=1S/C19H21N5O3S/c1-22-13-18(20-14-22)28(26,27)21-10-16-12-23-9-5-8-17(23)19(25)24(16)11-15-6-3-2-4-7-15/h2-9,13-14,16,21H,10-12H2,1H3. The first kappa shape index (κ1) is 18.5. The van der Waals surface area contributed by atoms with E-state index in [1.165, 1.54) is 12.5 Å². The van der Waals surface area contributed by atoms with E-state index in [9.17, 15) is 13.2 Å². The zero-order chi connectivity index (χ0) is 19.7. The van der Waals surface area contributed by atoms with Crippen molar-refractivity contribution in [2.75, 3.05) is 6.54 Å². The van der Waals surface area contributed by atoms with E-state index in [1.807, 2.05) is 47.2 Å². The van der Waals surface area contributed by atoms with Gasteiger partial charge in [-0.25, -0.2) is 18.1 Å². The lowest BCUT2D eigenvalue weighted by molar-refractivity contribution is 0.0578. The van der Waals surface area contributed by atoms with E-state index in [0.29, 0.717) is 18.8 Å². The number of aryl methyl sites for hydroxylation is 1. The van der Waals surface area contributed by atoms with Crippen molar-refractivity contribution in [2.45, 2.75) is 24.2 Å². The fourth-order valence-electron chi connectivity index (χ4n) is 3.37. The molecule has 1 N–H and O–H groups in total. The van der Waals surface area contributed by atoms with Gasteiger partial charge in [-0.1, -0.05) is 30.3 Å². The smallest absolute Gasteiger partial charge is 0.271 e. The summed E-state index contributed by atoms with van der Waals surface area (Å²) in [5, 5.41) is -0.0339. The highest BCUT2D eigenvalue weighted by Crippen LogP contribution is 2.21. The Hall–Kier alpha value is -2.91. The Morgan fingerprint density at radius 2 is 1.96 bits per heavy atom. The Balaban J connectivity index is 1.57. The highest BCUT2D eigenvalue weighted by atomic mass is 32.2. The van der Waals surface area contributed by atoms with E-state index in [1.54, 1.807) is 22.6 Å². The summed E-state index contributed by atoms with van der Waals surface area (Å²) in [6, 6.07) is 13.0. The molecule has 146 valence electrons. The van der Waals surface area contributed by atoms with Gasteiger partial charge in [0.25, 0.3) is 15.9 Å². The molecule has 2 aromatic heterocycles. The highest BCUT2D eigenvalue weighted by molar-refractivity contribution is 7.89. The predicted octanol–water partition coefficient (Wildman–Crippen LogP) is 1.22. The minimum Gasteiger partial charge on any atom is -0.341 e. The monoisotopic (exact) mass is 399 g/mol. The van der Waals surface area contributed by atoms with Crippen LogP contribution < -0.4 is 4.72 Å². The maximum Gasteiger partial charge on any atom is 0.271 e. The minimum absolute atomic E-state index is 0.0339. The van der Waals surface area contributed by atoms with Crippen molar-refractivity contribution in [2.24, 2.45) is 7.05 Å². The van der Waals surface area contributed by atoms with Gasteiger partial charge >= 0.3 is 0 Å². The van der Waals surface area contributed by atoms with E-state index in [2.05, 4.69) is 9.71 Å². The Bertz CT molecular complexity index is 1090. The molecule has 1 aliphatic heterocycles. The first-order valence-corrected chi connectivity index (χ1v) is 10.4. The number of hydrogen-bond acceptors (Lipinski definition) is 4. The molecule has 3 heterocycles. The molecule has 1 aliphatic rings. The molecule has 8 nitrogen and oxygen atoms in total. The SMILES string of the molecule is Cn1cnc(S(=O)(=O)NCC2Cn3cccc3C(=O)N2Cc2ccccc2)c1. The van der Waals surface area contributed by atoms with Crippen molar-refractivity contribution in [1.29, 1.82) is 0 Å². The number of hydrogen-bond donors (Lipinski definition) is 1. The summed E-state index contributed by atoms with van der Waals surface area (Å²) in [7, 11) is -2.04. The van der Waals surface area contributed by atoms with Crippen LogP contribution in [0.3, 0.4) is 0 Å². The second kappa shape index (κ2) is 7.25. The fraction of sp³-hybridized carbons (Fsp3) is 0.263. The van der Waals surface area contributed by atoms with Gasteiger partial charge in [0.05, 0.1) is 12.4 Å². The number of imidazole rings is 1. The van der Waals surface area contributed by atoms with Crippen LogP contribution in [0.4, 0.5) is 0 Å². The number of carbonyl (C=O) groups is 1. The quantitative estimate of drug-likeness (QED) is 0.675. The van der Waals surface area contributed by atoms with E-state index in [-0.39, 0.29) is 23.5 Å². The molecule has 9 heteroatoms. The second-order valence-corrected chi connectivity index (χ2v) is 8.56. The molecule has 0 fully saturated rings. The van der Waals surface area contributed by atoms with Crippen LogP contribution in [0.15, 0.2) is 66.2 Å². The predicted molar refractivity (Wildman–Crippen MR) is 103 cm³/mol. The first-order valence-electron chi connectivity index (χ1n) is 8.92. The largest absolute Gasteiger partial charge is 0.341 e. The van der Waals surface area contributed by atoms with Gasteiger partial charge in [0.1, 0.15) is 5.69 Å². The molecule has 0 aliphatic carbocycles. The van der Waals surface area contributed by atoms with Crippen molar-refractivity contribution >= 4 is 15.9 Å². The van der Waals surface area contributed by atoms with E-state index < -0.39 is 10.0 Å². The third kappa shape index (κ3) is 3.58. The Morgan fingerprint density at radius 1 is 1.18 bits per heavy atom. The van der Waals surface area contributed by atoms with E-state index in [4.69, 9.17) is 0 Å². The lowest BCUT2D eigenvalue weighted by Gasteiger charge is -2.36. The van der Waals surface area contributed by atoms with Crippen molar-refractivity contribution in [1.82, 2.24) is 23.7 Å². The van der Waals surface area contributed by atoms with Gasteiger partial charge in [-0.05, 0) is 17.7 Å². The van der Waals surface area contributed by atoms with Crippen LogP contribution >= 0.6 is 0 Å². The van der Waals surface area contributed by atoms with E-state index >= 15 is 0 Å².